The Balaban J connectivity index is 2.32. The Hall–Kier alpha value is -0.800. The Morgan fingerprint density at radius 3 is 2.74 bits per heavy atom. The molecule has 0 fully saturated rings. The number of anilines is 1. The van der Waals surface area contributed by atoms with Crippen LogP contribution in [0.15, 0.2) is 34.9 Å². The maximum Gasteiger partial charge on any atom is 0.134 e. The average molecular weight is 342 g/mol. The predicted molar refractivity (Wildman–Crippen MR) is 87.0 cm³/mol. The quantitative estimate of drug-likeness (QED) is 0.769. The third-order valence-corrected chi connectivity index (χ3v) is 4.10. The molecule has 1 heterocycles. The van der Waals surface area contributed by atoms with Crippen LogP contribution in [-0.2, 0) is 0 Å². The minimum absolute atomic E-state index is 0.249. The highest BCUT2D eigenvalue weighted by atomic mass is 79.9. The molecule has 2 nitrogen and oxygen atoms in total. The molecule has 1 unspecified atom stereocenters. The number of hydrogen-bond donors (Lipinski definition) is 1. The maximum atomic E-state index is 6.04. The van der Waals surface area contributed by atoms with Crippen LogP contribution < -0.4 is 5.32 Å². The summed E-state index contributed by atoms with van der Waals surface area (Å²) in [4.78, 5) is 4.45. The van der Waals surface area contributed by atoms with Crippen molar-refractivity contribution in [1.29, 1.82) is 0 Å². The molecule has 0 aliphatic rings. The van der Waals surface area contributed by atoms with Crippen LogP contribution in [0, 0.1) is 5.92 Å². The van der Waals surface area contributed by atoms with Gasteiger partial charge >= 0.3 is 0 Å². The van der Waals surface area contributed by atoms with Crippen LogP contribution >= 0.6 is 27.5 Å². The minimum Gasteiger partial charge on any atom is -0.366 e. The van der Waals surface area contributed by atoms with Gasteiger partial charge in [-0.1, -0.05) is 41.9 Å². The van der Waals surface area contributed by atoms with Gasteiger partial charge in [0.1, 0.15) is 5.82 Å². The lowest BCUT2D eigenvalue weighted by atomic mass is 10.0. The number of aromatic nitrogens is 1. The first-order chi connectivity index (χ1) is 9.11. The fourth-order valence-corrected chi connectivity index (χ4v) is 2.91. The zero-order chi connectivity index (χ0) is 13.8. The van der Waals surface area contributed by atoms with Crippen molar-refractivity contribution in [3.63, 3.8) is 0 Å². The highest BCUT2D eigenvalue weighted by Gasteiger charge is 2.12. The molecule has 0 amide bonds. The molecule has 0 aliphatic carbocycles. The Morgan fingerprint density at radius 2 is 2.05 bits per heavy atom. The average Bonchev–Trinajstić information content (AvgIpc) is 2.38. The fourth-order valence-electron chi connectivity index (χ4n) is 2.21. The zero-order valence-corrected chi connectivity index (χ0v) is 13.5. The molecular weight excluding hydrogens is 324 g/mol. The highest BCUT2D eigenvalue weighted by molar-refractivity contribution is 9.10. The van der Waals surface area contributed by atoms with E-state index in [1.165, 1.54) is 0 Å². The molecule has 1 aromatic carbocycles. The molecule has 0 saturated heterocycles. The van der Waals surface area contributed by atoms with Crippen LogP contribution in [-0.4, -0.2) is 16.9 Å². The molecule has 2 aromatic rings. The van der Waals surface area contributed by atoms with Crippen molar-refractivity contribution in [2.75, 3.05) is 11.2 Å². The fraction of sp³-hybridized carbons (Fsp3) is 0.400. The van der Waals surface area contributed by atoms with E-state index in [1.807, 2.05) is 24.4 Å². The first-order valence-corrected chi connectivity index (χ1v) is 7.80. The number of nitrogens with zero attached hydrogens (tertiary/aromatic N) is 1. The first kappa shape index (κ1) is 14.6. The standard InChI is InChI=1S/C15H18BrClN2/c1-10(2)8-11(9-17)19-15-13-4-3-5-14(16)12(13)6-7-18-15/h3-7,10-11H,8-9H2,1-2H3,(H,18,19). The van der Waals surface area contributed by atoms with Gasteiger partial charge in [-0.3, -0.25) is 0 Å². The van der Waals surface area contributed by atoms with Crippen LogP contribution in [0.3, 0.4) is 0 Å². The molecule has 102 valence electrons. The van der Waals surface area contributed by atoms with Crippen LogP contribution in [0.4, 0.5) is 5.82 Å². The maximum absolute atomic E-state index is 6.04. The van der Waals surface area contributed by atoms with Crippen LogP contribution in [0.1, 0.15) is 20.3 Å². The summed E-state index contributed by atoms with van der Waals surface area (Å²) in [7, 11) is 0. The monoisotopic (exact) mass is 340 g/mol. The molecule has 1 atom stereocenters. The lowest BCUT2D eigenvalue weighted by molar-refractivity contribution is 0.542. The van der Waals surface area contributed by atoms with Crippen LogP contribution in [0.2, 0.25) is 0 Å². The van der Waals surface area contributed by atoms with Gasteiger partial charge in [0.25, 0.3) is 0 Å². The van der Waals surface area contributed by atoms with Gasteiger partial charge in [-0.2, -0.15) is 0 Å². The van der Waals surface area contributed by atoms with Crippen molar-refractivity contribution < 1.29 is 0 Å². The summed E-state index contributed by atoms with van der Waals surface area (Å²) >= 11 is 9.62. The third kappa shape index (κ3) is 3.61. The van der Waals surface area contributed by atoms with E-state index < -0.39 is 0 Å². The molecule has 0 spiro atoms. The van der Waals surface area contributed by atoms with E-state index in [1.54, 1.807) is 0 Å². The zero-order valence-electron chi connectivity index (χ0n) is 11.2. The van der Waals surface area contributed by atoms with E-state index in [-0.39, 0.29) is 6.04 Å². The van der Waals surface area contributed by atoms with E-state index in [0.29, 0.717) is 11.8 Å². The topological polar surface area (TPSA) is 24.9 Å². The number of rotatable bonds is 5. The SMILES string of the molecule is CC(C)CC(CCl)Nc1nccc2c(Br)cccc12. The molecular formula is C15H18BrClN2. The molecule has 0 bridgehead atoms. The van der Waals surface area contributed by atoms with Crippen molar-refractivity contribution in [2.24, 2.45) is 5.92 Å². The second-order valence-electron chi connectivity index (χ2n) is 5.12. The van der Waals surface area contributed by atoms with E-state index in [9.17, 15) is 0 Å². The molecule has 0 saturated carbocycles. The summed E-state index contributed by atoms with van der Waals surface area (Å²) in [6, 6.07) is 8.41. The summed E-state index contributed by atoms with van der Waals surface area (Å²) in [5.74, 6) is 2.10. The molecule has 2 rings (SSSR count). The molecule has 0 aliphatic heterocycles. The van der Waals surface area contributed by atoms with Gasteiger partial charge in [0.05, 0.1) is 0 Å². The predicted octanol–water partition coefficient (Wildman–Crippen LogP) is 5.06. The second-order valence-corrected chi connectivity index (χ2v) is 6.28. The number of benzene rings is 1. The Morgan fingerprint density at radius 1 is 1.26 bits per heavy atom. The smallest absolute Gasteiger partial charge is 0.134 e. The Labute approximate surface area is 127 Å². The number of halogens is 2. The van der Waals surface area contributed by atoms with E-state index in [0.717, 1.165) is 27.5 Å². The van der Waals surface area contributed by atoms with Gasteiger partial charge in [0.15, 0.2) is 0 Å². The summed E-state index contributed by atoms with van der Waals surface area (Å²) in [6.07, 6.45) is 2.87. The van der Waals surface area contributed by atoms with Gasteiger partial charge in [0, 0.05) is 33.4 Å². The van der Waals surface area contributed by atoms with E-state index in [2.05, 4.69) is 46.1 Å². The summed E-state index contributed by atoms with van der Waals surface area (Å²) < 4.78 is 1.08. The van der Waals surface area contributed by atoms with Crippen LogP contribution in [0.5, 0.6) is 0 Å². The lowest BCUT2D eigenvalue weighted by Gasteiger charge is -2.19. The lowest BCUT2D eigenvalue weighted by Crippen LogP contribution is -2.24. The van der Waals surface area contributed by atoms with Gasteiger partial charge in [-0.05, 0) is 24.5 Å². The van der Waals surface area contributed by atoms with E-state index in [4.69, 9.17) is 11.6 Å². The number of hydrogen-bond acceptors (Lipinski definition) is 2. The summed E-state index contributed by atoms with van der Waals surface area (Å²) in [5, 5.41) is 5.75. The number of pyridine rings is 1. The normalized spacial score (nSPS) is 12.9. The number of nitrogens with one attached hydrogen (secondary N) is 1. The first-order valence-electron chi connectivity index (χ1n) is 6.47. The van der Waals surface area contributed by atoms with Crippen molar-refractivity contribution in [1.82, 2.24) is 4.98 Å². The van der Waals surface area contributed by atoms with Gasteiger partial charge < -0.3 is 5.32 Å². The molecule has 1 N–H and O–H groups in total. The number of alkyl halides is 1. The second kappa shape index (κ2) is 6.58. The van der Waals surface area contributed by atoms with Crippen molar-refractivity contribution >= 4 is 44.1 Å². The number of fused-ring (bicyclic) bond motifs is 1. The third-order valence-electron chi connectivity index (χ3n) is 3.04. The van der Waals surface area contributed by atoms with Crippen LogP contribution in [0.25, 0.3) is 10.8 Å². The van der Waals surface area contributed by atoms with Crippen molar-refractivity contribution in [3.05, 3.63) is 34.9 Å². The largest absolute Gasteiger partial charge is 0.366 e. The molecule has 4 heteroatoms. The van der Waals surface area contributed by atoms with Crippen molar-refractivity contribution in [2.45, 2.75) is 26.3 Å². The van der Waals surface area contributed by atoms with Crippen molar-refractivity contribution in [3.8, 4) is 0 Å². The Bertz CT molecular complexity index is 557. The molecule has 1 aromatic heterocycles. The Kier molecular flexibility index (Phi) is 5.06. The van der Waals surface area contributed by atoms with Gasteiger partial charge in [-0.15, -0.1) is 11.6 Å². The van der Waals surface area contributed by atoms with E-state index >= 15 is 0 Å². The summed E-state index contributed by atoms with van der Waals surface area (Å²) in [5.41, 5.74) is 0. The van der Waals surface area contributed by atoms with Gasteiger partial charge in [0.2, 0.25) is 0 Å². The minimum atomic E-state index is 0.249. The van der Waals surface area contributed by atoms with Gasteiger partial charge in [-0.25, -0.2) is 4.98 Å². The molecule has 19 heavy (non-hydrogen) atoms. The highest BCUT2D eigenvalue weighted by Crippen LogP contribution is 2.28. The molecule has 0 radical (unpaired) electrons. The summed E-state index contributed by atoms with van der Waals surface area (Å²) in [6.45, 7) is 4.41.